The molecular formula is C11H12FN3. The van der Waals surface area contributed by atoms with Crippen molar-refractivity contribution < 1.29 is 4.39 Å². The second kappa shape index (κ2) is 3.82. The smallest absolute Gasteiger partial charge is 0.125 e. The highest BCUT2D eigenvalue weighted by molar-refractivity contribution is 5.37. The molecule has 0 saturated carbocycles. The molecule has 0 atom stereocenters. The van der Waals surface area contributed by atoms with E-state index >= 15 is 0 Å². The van der Waals surface area contributed by atoms with Crippen LogP contribution in [0.2, 0.25) is 0 Å². The summed E-state index contributed by atoms with van der Waals surface area (Å²) in [5.74, 6) is 0.546. The standard InChI is InChI=1S/C11H12FN3/c1-8-14-2-3-15(8)11-5-9(7-13)4-10(12)6-11/h2-6H,7,13H2,1H3. The van der Waals surface area contributed by atoms with Crippen LogP contribution in [0.4, 0.5) is 4.39 Å². The molecule has 2 N–H and O–H groups in total. The largest absolute Gasteiger partial charge is 0.326 e. The number of imidazole rings is 1. The molecular weight excluding hydrogens is 193 g/mol. The van der Waals surface area contributed by atoms with E-state index in [1.165, 1.54) is 12.1 Å². The van der Waals surface area contributed by atoms with Crippen LogP contribution >= 0.6 is 0 Å². The molecule has 15 heavy (non-hydrogen) atoms. The zero-order valence-corrected chi connectivity index (χ0v) is 8.44. The Kier molecular flexibility index (Phi) is 2.51. The Morgan fingerprint density at radius 1 is 1.40 bits per heavy atom. The third-order valence-corrected chi connectivity index (χ3v) is 2.28. The highest BCUT2D eigenvalue weighted by Crippen LogP contribution is 2.14. The van der Waals surface area contributed by atoms with E-state index in [9.17, 15) is 4.39 Å². The second-order valence-electron chi connectivity index (χ2n) is 3.37. The fourth-order valence-corrected chi connectivity index (χ4v) is 1.54. The molecule has 0 radical (unpaired) electrons. The molecule has 0 aliphatic heterocycles. The number of aromatic nitrogens is 2. The third kappa shape index (κ3) is 1.89. The summed E-state index contributed by atoms with van der Waals surface area (Å²) in [6.45, 7) is 2.20. The maximum atomic E-state index is 13.2. The number of hydrogen-bond donors (Lipinski definition) is 1. The minimum Gasteiger partial charge on any atom is -0.326 e. The van der Waals surface area contributed by atoms with Crippen molar-refractivity contribution in [3.05, 3.63) is 47.8 Å². The van der Waals surface area contributed by atoms with Crippen molar-refractivity contribution in [3.63, 3.8) is 0 Å². The van der Waals surface area contributed by atoms with Gasteiger partial charge in [-0.2, -0.15) is 0 Å². The molecule has 1 aromatic carbocycles. The topological polar surface area (TPSA) is 43.8 Å². The molecule has 1 heterocycles. The zero-order chi connectivity index (χ0) is 10.8. The first-order valence-corrected chi connectivity index (χ1v) is 4.70. The van der Waals surface area contributed by atoms with E-state index in [-0.39, 0.29) is 5.82 Å². The van der Waals surface area contributed by atoms with Crippen molar-refractivity contribution >= 4 is 0 Å². The van der Waals surface area contributed by atoms with Crippen LogP contribution in [-0.4, -0.2) is 9.55 Å². The molecule has 0 aliphatic rings. The molecule has 78 valence electrons. The number of hydrogen-bond acceptors (Lipinski definition) is 2. The van der Waals surface area contributed by atoms with Gasteiger partial charge in [0.15, 0.2) is 0 Å². The molecule has 4 heteroatoms. The normalized spacial score (nSPS) is 10.6. The number of aryl methyl sites for hydroxylation is 1. The molecule has 2 aromatic rings. The summed E-state index contributed by atoms with van der Waals surface area (Å²) in [7, 11) is 0. The Hall–Kier alpha value is -1.68. The van der Waals surface area contributed by atoms with Crippen molar-refractivity contribution in [2.24, 2.45) is 5.73 Å². The molecule has 0 bridgehead atoms. The number of benzene rings is 1. The zero-order valence-electron chi connectivity index (χ0n) is 8.44. The molecule has 0 spiro atoms. The van der Waals surface area contributed by atoms with E-state index in [1.807, 2.05) is 17.6 Å². The van der Waals surface area contributed by atoms with E-state index < -0.39 is 0 Å². The second-order valence-corrected chi connectivity index (χ2v) is 3.37. The average Bonchev–Trinajstić information content (AvgIpc) is 2.63. The minimum atomic E-state index is -0.277. The van der Waals surface area contributed by atoms with Crippen molar-refractivity contribution in [3.8, 4) is 5.69 Å². The number of halogens is 1. The molecule has 0 aliphatic carbocycles. The average molecular weight is 205 g/mol. The first-order chi connectivity index (χ1) is 7.20. The number of nitrogens with two attached hydrogens (primary N) is 1. The van der Waals surface area contributed by atoms with Crippen LogP contribution in [0.15, 0.2) is 30.6 Å². The van der Waals surface area contributed by atoms with Gasteiger partial charge in [-0.3, -0.25) is 0 Å². The van der Waals surface area contributed by atoms with E-state index in [0.29, 0.717) is 6.54 Å². The Morgan fingerprint density at radius 2 is 2.20 bits per heavy atom. The summed E-state index contributed by atoms with van der Waals surface area (Å²) in [4.78, 5) is 4.09. The Labute approximate surface area is 87.4 Å². The Morgan fingerprint density at radius 3 is 2.80 bits per heavy atom. The summed E-state index contributed by atoms with van der Waals surface area (Å²) in [6, 6.07) is 4.77. The molecule has 3 nitrogen and oxygen atoms in total. The van der Waals surface area contributed by atoms with Gasteiger partial charge in [-0.05, 0) is 30.7 Å². The predicted octanol–water partition coefficient (Wildman–Crippen LogP) is 1.78. The summed E-state index contributed by atoms with van der Waals surface area (Å²) >= 11 is 0. The monoisotopic (exact) mass is 205 g/mol. The lowest BCUT2D eigenvalue weighted by atomic mass is 10.2. The van der Waals surface area contributed by atoms with Gasteiger partial charge in [-0.25, -0.2) is 9.37 Å². The summed E-state index contributed by atoms with van der Waals surface area (Å²) < 4.78 is 15.1. The SMILES string of the molecule is Cc1nccn1-c1cc(F)cc(CN)c1. The van der Waals surface area contributed by atoms with Gasteiger partial charge in [-0.15, -0.1) is 0 Å². The summed E-state index contributed by atoms with van der Waals surface area (Å²) in [5, 5.41) is 0. The van der Waals surface area contributed by atoms with Gasteiger partial charge in [0.25, 0.3) is 0 Å². The van der Waals surface area contributed by atoms with E-state index in [0.717, 1.165) is 17.1 Å². The van der Waals surface area contributed by atoms with Crippen molar-refractivity contribution in [2.75, 3.05) is 0 Å². The number of rotatable bonds is 2. The van der Waals surface area contributed by atoms with Gasteiger partial charge in [0, 0.05) is 24.6 Å². The molecule has 2 rings (SSSR count). The van der Waals surface area contributed by atoms with Crippen molar-refractivity contribution in [1.82, 2.24) is 9.55 Å². The van der Waals surface area contributed by atoms with Gasteiger partial charge < -0.3 is 10.3 Å². The molecule has 1 aromatic heterocycles. The molecule has 0 saturated heterocycles. The van der Waals surface area contributed by atoms with Crippen LogP contribution in [-0.2, 0) is 6.54 Å². The lowest BCUT2D eigenvalue weighted by molar-refractivity contribution is 0.624. The fraction of sp³-hybridized carbons (Fsp3) is 0.182. The lowest BCUT2D eigenvalue weighted by Gasteiger charge is -2.07. The van der Waals surface area contributed by atoms with E-state index in [2.05, 4.69) is 4.98 Å². The van der Waals surface area contributed by atoms with Crippen LogP contribution in [0.1, 0.15) is 11.4 Å². The van der Waals surface area contributed by atoms with Crippen molar-refractivity contribution in [1.29, 1.82) is 0 Å². The van der Waals surface area contributed by atoms with Gasteiger partial charge in [0.2, 0.25) is 0 Å². The molecule has 0 fully saturated rings. The summed E-state index contributed by atoms with van der Waals surface area (Å²) in [5.41, 5.74) is 7.02. The predicted molar refractivity (Wildman–Crippen MR) is 56.2 cm³/mol. The van der Waals surface area contributed by atoms with Gasteiger partial charge in [-0.1, -0.05) is 0 Å². The van der Waals surface area contributed by atoms with Crippen LogP contribution in [0, 0.1) is 12.7 Å². The summed E-state index contributed by atoms with van der Waals surface area (Å²) in [6.07, 6.45) is 3.48. The quantitative estimate of drug-likeness (QED) is 0.812. The van der Waals surface area contributed by atoms with E-state index in [4.69, 9.17) is 5.73 Å². The maximum absolute atomic E-state index is 13.2. The van der Waals surface area contributed by atoms with Crippen LogP contribution in [0.25, 0.3) is 5.69 Å². The molecule has 0 unspecified atom stereocenters. The van der Waals surface area contributed by atoms with Gasteiger partial charge >= 0.3 is 0 Å². The van der Waals surface area contributed by atoms with Gasteiger partial charge in [0.1, 0.15) is 11.6 Å². The van der Waals surface area contributed by atoms with Gasteiger partial charge in [0.05, 0.1) is 0 Å². The van der Waals surface area contributed by atoms with Crippen LogP contribution < -0.4 is 5.73 Å². The first-order valence-electron chi connectivity index (χ1n) is 4.70. The third-order valence-electron chi connectivity index (χ3n) is 2.28. The maximum Gasteiger partial charge on any atom is 0.125 e. The van der Waals surface area contributed by atoms with Crippen LogP contribution in [0.5, 0.6) is 0 Å². The number of nitrogens with zero attached hydrogens (tertiary/aromatic N) is 2. The minimum absolute atomic E-state index is 0.277. The van der Waals surface area contributed by atoms with Crippen LogP contribution in [0.3, 0.4) is 0 Å². The Balaban J connectivity index is 2.53. The highest BCUT2D eigenvalue weighted by Gasteiger charge is 2.03. The fourth-order valence-electron chi connectivity index (χ4n) is 1.54. The highest BCUT2D eigenvalue weighted by atomic mass is 19.1. The first kappa shape index (κ1) is 9.86. The molecule has 0 amide bonds. The van der Waals surface area contributed by atoms with Crippen molar-refractivity contribution in [2.45, 2.75) is 13.5 Å². The lowest BCUT2D eigenvalue weighted by Crippen LogP contribution is -2.01. The van der Waals surface area contributed by atoms with E-state index in [1.54, 1.807) is 12.4 Å². The Bertz CT molecular complexity index is 476.